The number of nitrogens with zero attached hydrogens (tertiary/aromatic N) is 2. The molecule has 0 N–H and O–H groups in total. The second-order valence-electron chi connectivity index (χ2n) is 7.03. The van der Waals surface area contributed by atoms with E-state index in [1.165, 1.54) is 0 Å². The Morgan fingerprint density at radius 3 is 0.750 bits per heavy atom. The lowest BCUT2D eigenvalue weighted by Crippen LogP contribution is -2.68. The van der Waals surface area contributed by atoms with Crippen molar-refractivity contribution in [2.45, 2.75) is 47.9 Å². The van der Waals surface area contributed by atoms with Crippen LogP contribution < -0.4 is 0 Å². The van der Waals surface area contributed by atoms with Gasteiger partial charge < -0.3 is 9.80 Å². The molecule has 0 aliphatic carbocycles. The summed E-state index contributed by atoms with van der Waals surface area (Å²) in [6, 6.07) is 0. The molecule has 36 heavy (non-hydrogen) atoms. The largest absolute Gasteiger partial charge is 0.460 e. The Kier molecular flexibility index (Phi) is 7.59. The third-order valence-electron chi connectivity index (χ3n) is 4.68. The van der Waals surface area contributed by atoms with Gasteiger partial charge in [0.2, 0.25) is 0 Å². The maximum atomic E-state index is 13.6. The molecule has 22 heteroatoms. The van der Waals surface area contributed by atoms with E-state index >= 15 is 0 Å². The molecule has 1 fully saturated rings. The van der Waals surface area contributed by atoms with E-state index in [1.807, 2.05) is 0 Å². The zero-order valence-corrected chi connectivity index (χ0v) is 16.3. The first-order chi connectivity index (χ1) is 15.5. The van der Waals surface area contributed by atoms with Gasteiger partial charge in [0.1, 0.15) is 0 Å². The molecule has 2 amide bonds. The zero-order valence-electron chi connectivity index (χ0n) is 16.3. The minimum absolute atomic E-state index is 0.690. The van der Waals surface area contributed by atoms with Crippen molar-refractivity contribution in [3.8, 4) is 0 Å². The molecule has 4 nitrogen and oxygen atoms in total. The Bertz CT molecular complexity index is 783. The molecule has 1 saturated heterocycles. The van der Waals surface area contributed by atoms with Gasteiger partial charge >= 0.3 is 47.9 Å². The summed E-state index contributed by atoms with van der Waals surface area (Å²) in [6.07, 6.45) is -14.6. The van der Waals surface area contributed by atoms with E-state index in [0.29, 0.717) is 0 Å². The Balaban J connectivity index is 3.12. The van der Waals surface area contributed by atoms with Crippen molar-refractivity contribution in [3.63, 3.8) is 0 Å². The number of halogens is 18. The maximum absolute atomic E-state index is 13.6. The molecule has 0 spiro atoms. The third-order valence-corrected chi connectivity index (χ3v) is 4.68. The van der Waals surface area contributed by atoms with Gasteiger partial charge in [0.25, 0.3) is 11.8 Å². The summed E-state index contributed by atoms with van der Waals surface area (Å²) in [5.74, 6) is -50.4. The van der Waals surface area contributed by atoms with Crippen LogP contribution in [0.1, 0.15) is 0 Å². The van der Waals surface area contributed by atoms with Crippen LogP contribution in [0, 0.1) is 0 Å². The van der Waals surface area contributed by atoms with Crippen molar-refractivity contribution in [1.82, 2.24) is 9.80 Å². The molecule has 1 heterocycles. The van der Waals surface area contributed by atoms with Crippen LogP contribution in [-0.4, -0.2) is 95.7 Å². The molecule has 212 valence electrons. The van der Waals surface area contributed by atoms with Gasteiger partial charge in [0.15, 0.2) is 0 Å². The van der Waals surface area contributed by atoms with Crippen LogP contribution in [0.25, 0.3) is 0 Å². The summed E-state index contributed by atoms with van der Waals surface area (Å²) < 4.78 is 232. The lowest BCUT2D eigenvalue weighted by Gasteiger charge is -2.40. The van der Waals surface area contributed by atoms with Gasteiger partial charge in [-0.2, -0.15) is 79.0 Å². The SMILES string of the molecule is O=C(N1CCN(C(=O)C(F)(F)C(F)(F)C(F)(F)C(F)(F)F)CC1)C(F)(F)C(F)(F)C(F)(F)C(F)(F)F. The van der Waals surface area contributed by atoms with E-state index in [9.17, 15) is 88.6 Å². The number of hydrogen-bond acceptors (Lipinski definition) is 2. The van der Waals surface area contributed by atoms with Gasteiger partial charge in [0, 0.05) is 26.2 Å². The molecule has 0 atom stereocenters. The van der Waals surface area contributed by atoms with Gasteiger partial charge in [-0.25, -0.2) is 0 Å². The molecule has 0 saturated carbocycles. The van der Waals surface area contributed by atoms with Crippen LogP contribution in [-0.2, 0) is 9.59 Å². The number of carbonyl (C=O) groups excluding carboxylic acids is 2. The van der Waals surface area contributed by atoms with E-state index in [4.69, 9.17) is 0 Å². The zero-order chi connectivity index (χ0) is 29.1. The van der Waals surface area contributed by atoms with Gasteiger partial charge in [0.05, 0.1) is 0 Å². The highest BCUT2D eigenvalue weighted by Crippen LogP contribution is 2.55. The van der Waals surface area contributed by atoms with Crippen molar-refractivity contribution < 1.29 is 88.6 Å². The van der Waals surface area contributed by atoms with Crippen LogP contribution in [0.15, 0.2) is 0 Å². The third kappa shape index (κ3) is 4.47. The van der Waals surface area contributed by atoms with Crippen LogP contribution in [0.3, 0.4) is 0 Å². The summed E-state index contributed by atoms with van der Waals surface area (Å²) in [5.41, 5.74) is 0. The van der Waals surface area contributed by atoms with Crippen molar-refractivity contribution in [3.05, 3.63) is 0 Å². The number of piperazine rings is 1. The number of alkyl halides is 18. The first-order valence-electron chi connectivity index (χ1n) is 8.52. The highest BCUT2D eigenvalue weighted by atomic mass is 19.4. The standard InChI is InChI=1S/C14H8F18N2O2/c15-7(16,9(19,20)11(23,24)13(27,28)29)5(35)33-1-2-34(4-3-33)6(36)8(17,18)10(21,22)12(25,26)14(30,31)32/h1-4H2. The fourth-order valence-corrected chi connectivity index (χ4v) is 2.53. The maximum Gasteiger partial charge on any atom is 0.460 e. The monoisotopic (exact) mass is 578 g/mol. The summed E-state index contributed by atoms with van der Waals surface area (Å²) in [6.45, 7) is -6.92. The Labute approximate surface area is 185 Å². The van der Waals surface area contributed by atoms with E-state index in [0.717, 1.165) is 0 Å². The minimum Gasteiger partial charge on any atom is -0.334 e. The molecule has 0 aromatic heterocycles. The number of carbonyl (C=O) groups is 2. The van der Waals surface area contributed by atoms with Gasteiger partial charge in [-0.1, -0.05) is 0 Å². The predicted octanol–water partition coefficient (Wildman–Crippen LogP) is 4.59. The molecular formula is C14H8F18N2O2. The number of amides is 2. The predicted molar refractivity (Wildman–Crippen MR) is 75.0 cm³/mol. The summed E-state index contributed by atoms with van der Waals surface area (Å²) >= 11 is 0. The first-order valence-corrected chi connectivity index (χ1v) is 8.52. The summed E-state index contributed by atoms with van der Waals surface area (Å²) in [7, 11) is 0. The molecule has 1 aliphatic heterocycles. The normalized spacial score (nSPS) is 17.9. The van der Waals surface area contributed by atoms with Crippen LogP contribution in [0.5, 0.6) is 0 Å². The fourth-order valence-electron chi connectivity index (χ4n) is 2.53. The molecule has 0 bridgehead atoms. The topological polar surface area (TPSA) is 40.6 Å². The van der Waals surface area contributed by atoms with E-state index < -0.39 is 95.7 Å². The molecular weight excluding hydrogens is 570 g/mol. The Morgan fingerprint density at radius 1 is 0.389 bits per heavy atom. The van der Waals surface area contributed by atoms with Gasteiger partial charge in [-0.15, -0.1) is 0 Å². The van der Waals surface area contributed by atoms with Crippen molar-refractivity contribution >= 4 is 11.8 Å². The summed E-state index contributed by atoms with van der Waals surface area (Å²) in [5, 5.41) is 0. The molecule has 1 rings (SSSR count). The van der Waals surface area contributed by atoms with Crippen molar-refractivity contribution in [2.24, 2.45) is 0 Å². The minimum atomic E-state index is -7.49. The molecule has 0 unspecified atom stereocenters. The van der Waals surface area contributed by atoms with Crippen molar-refractivity contribution in [2.75, 3.05) is 26.2 Å². The Morgan fingerprint density at radius 2 is 0.583 bits per heavy atom. The molecule has 0 aromatic carbocycles. The summed E-state index contributed by atoms with van der Waals surface area (Å²) in [4.78, 5) is 21.6. The number of rotatable bonds is 6. The van der Waals surface area contributed by atoms with Gasteiger partial charge in [-0.3, -0.25) is 9.59 Å². The Hall–Kier alpha value is -2.32. The average Bonchev–Trinajstić information content (AvgIpc) is 2.70. The van der Waals surface area contributed by atoms with Crippen molar-refractivity contribution in [1.29, 1.82) is 0 Å². The van der Waals surface area contributed by atoms with Crippen LogP contribution in [0.2, 0.25) is 0 Å². The van der Waals surface area contributed by atoms with E-state index in [1.54, 1.807) is 0 Å². The van der Waals surface area contributed by atoms with Crippen LogP contribution >= 0.6 is 0 Å². The average molecular weight is 578 g/mol. The number of hydrogen-bond donors (Lipinski definition) is 0. The molecule has 0 radical (unpaired) electrons. The molecule has 1 aliphatic rings. The quantitative estimate of drug-likeness (QED) is 0.433. The van der Waals surface area contributed by atoms with E-state index in [2.05, 4.69) is 0 Å². The molecule has 0 aromatic rings. The second kappa shape index (κ2) is 8.62. The lowest BCUT2D eigenvalue weighted by molar-refractivity contribution is -0.390. The van der Waals surface area contributed by atoms with Crippen LogP contribution in [0.4, 0.5) is 79.0 Å². The highest BCUT2D eigenvalue weighted by molar-refractivity contribution is 5.87. The second-order valence-corrected chi connectivity index (χ2v) is 7.03. The highest BCUT2D eigenvalue weighted by Gasteiger charge is 2.85. The fraction of sp³-hybridized carbons (Fsp3) is 0.857. The lowest BCUT2D eigenvalue weighted by atomic mass is 10.0. The smallest absolute Gasteiger partial charge is 0.334 e. The van der Waals surface area contributed by atoms with E-state index in [-0.39, 0.29) is 0 Å². The first kappa shape index (κ1) is 31.7. The van der Waals surface area contributed by atoms with Gasteiger partial charge in [-0.05, 0) is 0 Å².